The summed E-state index contributed by atoms with van der Waals surface area (Å²) in [5.41, 5.74) is 6.66. The number of carbonyl (C=O) groups excluding carboxylic acids is 1. The van der Waals surface area contributed by atoms with Crippen molar-refractivity contribution in [1.29, 1.82) is 0 Å². The molecule has 0 unspecified atom stereocenters. The molecule has 0 bridgehead atoms. The minimum atomic E-state index is -0.497. The number of hydrogen-bond acceptors (Lipinski definition) is 5. The molecule has 0 saturated heterocycles. The number of ether oxygens (including phenoxy) is 1. The highest BCUT2D eigenvalue weighted by atomic mass is 16.5. The molecule has 0 aliphatic rings. The van der Waals surface area contributed by atoms with Crippen LogP contribution in [0.15, 0.2) is 12.1 Å². The molecule has 1 rings (SSSR count). The third-order valence-corrected chi connectivity index (χ3v) is 3.15. The predicted octanol–water partition coefficient (Wildman–Crippen LogP) is 1.21. The molecule has 0 aromatic carbocycles. The lowest BCUT2D eigenvalue weighted by Crippen LogP contribution is -2.48. The van der Waals surface area contributed by atoms with Crippen molar-refractivity contribution in [2.45, 2.75) is 46.3 Å². The summed E-state index contributed by atoms with van der Waals surface area (Å²) in [6.45, 7) is 8.19. The number of hydrogen-bond donors (Lipinski definition) is 1. The topological polar surface area (TPSA) is 81.3 Å². The first-order valence-corrected chi connectivity index (χ1v) is 6.79. The number of nitrogens with two attached hydrogens (primary N) is 1. The van der Waals surface area contributed by atoms with Crippen LogP contribution in [0.5, 0.6) is 5.88 Å². The van der Waals surface area contributed by atoms with E-state index in [1.54, 1.807) is 17.0 Å². The standard InChI is InChI=1S/C14H24N4O2/c1-9(2)13(15)14(19)18(10(3)4)8-11-6-7-12(20-5)17-16-11/h6-7,9-10,13H,8,15H2,1-5H3/t13-/m0/s1. The van der Waals surface area contributed by atoms with E-state index in [0.717, 1.165) is 0 Å². The fourth-order valence-corrected chi connectivity index (χ4v) is 1.71. The normalized spacial score (nSPS) is 12.6. The largest absolute Gasteiger partial charge is 0.480 e. The maximum Gasteiger partial charge on any atom is 0.240 e. The second-order valence-electron chi connectivity index (χ2n) is 5.40. The molecule has 20 heavy (non-hydrogen) atoms. The van der Waals surface area contributed by atoms with Crippen LogP contribution in [0.25, 0.3) is 0 Å². The van der Waals surface area contributed by atoms with E-state index in [2.05, 4.69) is 10.2 Å². The number of nitrogens with zero attached hydrogens (tertiary/aromatic N) is 3. The van der Waals surface area contributed by atoms with Gasteiger partial charge in [-0.3, -0.25) is 4.79 Å². The average Bonchev–Trinajstić information content (AvgIpc) is 2.43. The average molecular weight is 280 g/mol. The smallest absolute Gasteiger partial charge is 0.240 e. The number of amides is 1. The number of aromatic nitrogens is 2. The fraction of sp³-hybridized carbons (Fsp3) is 0.643. The van der Waals surface area contributed by atoms with Crippen LogP contribution in [-0.2, 0) is 11.3 Å². The van der Waals surface area contributed by atoms with Crippen molar-refractivity contribution in [2.24, 2.45) is 11.7 Å². The SMILES string of the molecule is COc1ccc(CN(C(=O)[C@@H](N)C(C)C)C(C)C)nn1. The first-order chi connectivity index (χ1) is 9.36. The summed E-state index contributed by atoms with van der Waals surface area (Å²) >= 11 is 0. The van der Waals surface area contributed by atoms with Gasteiger partial charge < -0.3 is 15.4 Å². The summed E-state index contributed by atoms with van der Waals surface area (Å²) in [6.07, 6.45) is 0. The van der Waals surface area contributed by atoms with Gasteiger partial charge in [0.15, 0.2) is 0 Å². The van der Waals surface area contributed by atoms with Gasteiger partial charge in [0.1, 0.15) is 0 Å². The van der Waals surface area contributed by atoms with Crippen LogP contribution in [0, 0.1) is 5.92 Å². The summed E-state index contributed by atoms with van der Waals surface area (Å²) in [6, 6.07) is 3.09. The van der Waals surface area contributed by atoms with Gasteiger partial charge in [-0.1, -0.05) is 13.8 Å². The molecule has 1 atom stereocenters. The molecule has 0 saturated carbocycles. The van der Waals surface area contributed by atoms with Crippen LogP contribution in [0.3, 0.4) is 0 Å². The molecule has 1 heterocycles. The Morgan fingerprint density at radius 2 is 1.95 bits per heavy atom. The van der Waals surface area contributed by atoms with E-state index in [1.165, 1.54) is 7.11 Å². The van der Waals surface area contributed by atoms with Gasteiger partial charge in [-0.25, -0.2) is 0 Å². The van der Waals surface area contributed by atoms with Crippen molar-refractivity contribution < 1.29 is 9.53 Å². The molecule has 2 N–H and O–H groups in total. The third kappa shape index (κ3) is 4.16. The monoisotopic (exact) mass is 280 g/mol. The van der Waals surface area contributed by atoms with Gasteiger partial charge in [-0.2, -0.15) is 5.10 Å². The Labute approximate surface area is 120 Å². The van der Waals surface area contributed by atoms with Gasteiger partial charge >= 0.3 is 0 Å². The van der Waals surface area contributed by atoms with E-state index < -0.39 is 6.04 Å². The fourth-order valence-electron chi connectivity index (χ4n) is 1.71. The van der Waals surface area contributed by atoms with Crippen molar-refractivity contribution in [3.8, 4) is 5.88 Å². The van der Waals surface area contributed by atoms with Crippen LogP contribution in [-0.4, -0.2) is 40.2 Å². The molecule has 0 radical (unpaired) electrons. The zero-order valence-corrected chi connectivity index (χ0v) is 12.8. The van der Waals surface area contributed by atoms with Crippen molar-refractivity contribution in [3.05, 3.63) is 17.8 Å². The maximum atomic E-state index is 12.4. The molecule has 0 fully saturated rings. The van der Waals surface area contributed by atoms with Crippen LogP contribution in [0.2, 0.25) is 0 Å². The summed E-state index contributed by atoms with van der Waals surface area (Å²) in [7, 11) is 1.54. The van der Waals surface area contributed by atoms with Crippen LogP contribution < -0.4 is 10.5 Å². The zero-order chi connectivity index (χ0) is 15.3. The zero-order valence-electron chi connectivity index (χ0n) is 12.8. The Morgan fingerprint density at radius 1 is 1.30 bits per heavy atom. The highest BCUT2D eigenvalue weighted by Gasteiger charge is 2.25. The molecular formula is C14H24N4O2. The summed E-state index contributed by atoms with van der Waals surface area (Å²) in [5, 5.41) is 7.96. The van der Waals surface area contributed by atoms with Gasteiger partial charge in [0.2, 0.25) is 11.8 Å². The molecule has 6 nitrogen and oxygen atoms in total. The van der Waals surface area contributed by atoms with Crippen LogP contribution in [0.4, 0.5) is 0 Å². The first-order valence-electron chi connectivity index (χ1n) is 6.79. The highest BCUT2D eigenvalue weighted by molar-refractivity contribution is 5.82. The second kappa shape index (κ2) is 7.19. The summed E-state index contributed by atoms with van der Waals surface area (Å²) < 4.78 is 4.96. The maximum absolute atomic E-state index is 12.4. The molecule has 112 valence electrons. The van der Waals surface area contributed by atoms with E-state index in [1.807, 2.05) is 27.7 Å². The van der Waals surface area contributed by atoms with E-state index in [4.69, 9.17) is 10.5 Å². The molecule has 0 spiro atoms. The van der Waals surface area contributed by atoms with Crippen molar-refractivity contribution in [2.75, 3.05) is 7.11 Å². The Morgan fingerprint density at radius 3 is 2.35 bits per heavy atom. The molecule has 6 heteroatoms. The Bertz CT molecular complexity index is 431. The van der Waals surface area contributed by atoms with Gasteiger partial charge in [-0.05, 0) is 25.8 Å². The van der Waals surface area contributed by atoms with Crippen molar-refractivity contribution >= 4 is 5.91 Å². The summed E-state index contributed by atoms with van der Waals surface area (Å²) in [5.74, 6) is 0.494. The minimum absolute atomic E-state index is 0.0520. The number of carbonyl (C=O) groups is 1. The molecule has 1 amide bonds. The van der Waals surface area contributed by atoms with Gasteiger partial charge in [0.25, 0.3) is 0 Å². The predicted molar refractivity (Wildman–Crippen MR) is 77.1 cm³/mol. The molecule has 0 aliphatic heterocycles. The number of methoxy groups -OCH3 is 1. The first kappa shape index (κ1) is 16.4. The lowest BCUT2D eigenvalue weighted by Gasteiger charge is -2.30. The molecular weight excluding hydrogens is 256 g/mol. The molecule has 1 aromatic heterocycles. The van der Waals surface area contributed by atoms with Gasteiger partial charge in [-0.15, -0.1) is 5.10 Å². The second-order valence-corrected chi connectivity index (χ2v) is 5.40. The van der Waals surface area contributed by atoms with Gasteiger partial charge in [0.05, 0.1) is 25.4 Å². The quantitative estimate of drug-likeness (QED) is 0.847. The lowest BCUT2D eigenvalue weighted by atomic mass is 10.0. The van der Waals surface area contributed by atoms with Crippen LogP contribution in [0.1, 0.15) is 33.4 Å². The van der Waals surface area contributed by atoms with E-state index in [0.29, 0.717) is 18.1 Å². The Kier molecular flexibility index (Phi) is 5.88. The highest BCUT2D eigenvalue weighted by Crippen LogP contribution is 2.12. The van der Waals surface area contributed by atoms with Crippen molar-refractivity contribution in [3.63, 3.8) is 0 Å². The van der Waals surface area contributed by atoms with Crippen molar-refractivity contribution in [1.82, 2.24) is 15.1 Å². The number of rotatable bonds is 6. The van der Waals surface area contributed by atoms with Gasteiger partial charge in [0, 0.05) is 12.1 Å². The van der Waals surface area contributed by atoms with E-state index in [9.17, 15) is 4.79 Å². The minimum Gasteiger partial charge on any atom is -0.480 e. The molecule has 1 aromatic rings. The van der Waals surface area contributed by atoms with Crippen LogP contribution >= 0.6 is 0 Å². The summed E-state index contributed by atoms with van der Waals surface area (Å²) in [4.78, 5) is 14.1. The Hall–Kier alpha value is -1.69. The van der Waals surface area contributed by atoms with E-state index >= 15 is 0 Å². The third-order valence-electron chi connectivity index (χ3n) is 3.15. The van der Waals surface area contributed by atoms with E-state index in [-0.39, 0.29) is 17.9 Å². The Balaban J connectivity index is 2.83. The lowest BCUT2D eigenvalue weighted by molar-refractivity contribution is -0.136. The molecule has 0 aliphatic carbocycles.